The number of hydrogen-bond donors (Lipinski definition) is 2. The monoisotopic (exact) mass is 210 g/mol. The zero-order valence-corrected chi connectivity index (χ0v) is 7.75. The summed E-state index contributed by atoms with van der Waals surface area (Å²) in [6.45, 7) is 0. The van der Waals surface area contributed by atoms with Gasteiger partial charge in [0.25, 0.3) is 0 Å². The Balaban J connectivity index is 2.43. The summed E-state index contributed by atoms with van der Waals surface area (Å²) in [5.41, 5.74) is 6.72. The van der Waals surface area contributed by atoms with Crippen molar-refractivity contribution in [3.63, 3.8) is 0 Å². The third-order valence-corrected chi connectivity index (χ3v) is 2.74. The average molecular weight is 210 g/mol. The Hall–Kier alpha value is -1.89. The molecule has 72 valence electrons. The van der Waals surface area contributed by atoms with Crippen molar-refractivity contribution in [3.05, 3.63) is 28.4 Å². The van der Waals surface area contributed by atoms with Crippen molar-refractivity contribution in [1.82, 2.24) is 10.2 Å². The lowest BCUT2D eigenvalue weighted by Crippen LogP contribution is -1.83. The first kappa shape index (κ1) is 8.70. The molecule has 0 bridgehead atoms. The Morgan fingerprint density at radius 2 is 2.36 bits per heavy atom. The number of nitrogens with two attached hydrogens (primary N) is 1. The third-order valence-electron chi connectivity index (χ3n) is 1.69. The van der Waals surface area contributed by atoms with Crippen molar-refractivity contribution in [2.24, 2.45) is 0 Å². The molecule has 6 nitrogen and oxygen atoms in total. The summed E-state index contributed by atoms with van der Waals surface area (Å²) in [5.74, 6) is 0. The van der Waals surface area contributed by atoms with Crippen LogP contribution in [0, 0.1) is 10.1 Å². The minimum absolute atomic E-state index is 0.0917. The molecule has 7 heteroatoms. The quantitative estimate of drug-likeness (QED) is 0.581. The molecule has 14 heavy (non-hydrogen) atoms. The van der Waals surface area contributed by atoms with Crippen LogP contribution in [0.2, 0.25) is 0 Å². The van der Waals surface area contributed by atoms with Gasteiger partial charge in [0.1, 0.15) is 0 Å². The van der Waals surface area contributed by atoms with E-state index in [1.165, 1.54) is 12.3 Å². The zero-order valence-electron chi connectivity index (χ0n) is 6.93. The summed E-state index contributed by atoms with van der Waals surface area (Å²) < 4.78 is 0. The predicted molar refractivity (Wildman–Crippen MR) is 53.0 cm³/mol. The van der Waals surface area contributed by atoms with Crippen molar-refractivity contribution in [1.29, 1.82) is 0 Å². The van der Waals surface area contributed by atoms with Gasteiger partial charge in [-0.2, -0.15) is 5.10 Å². The van der Waals surface area contributed by atoms with E-state index in [2.05, 4.69) is 10.2 Å². The van der Waals surface area contributed by atoms with E-state index in [0.29, 0.717) is 16.3 Å². The Labute approximate surface area is 82.5 Å². The van der Waals surface area contributed by atoms with Crippen LogP contribution in [0.5, 0.6) is 0 Å². The van der Waals surface area contributed by atoms with E-state index < -0.39 is 4.92 Å². The van der Waals surface area contributed by atoms with E-state index in [-0.39, 0.29) is 5.00 Å². The van der Waals surface area contributed by atoms with Gasteiger partial charge in [0.2, 0.25) is 0 Å². The van der Waals surface area contributed by atoms with E-state index in [9.17, 15) is 10.1 Å². The summed E-state index contributed by atoms with van der Waals surface area (Å²) >= 11 is 1.06. The van der Waals surface area contributed by atoms with Crippen molar-refractivity contribution in [2.75, 3.05) is 5.73 Å². The molecule has 0 atom stereocenters. The standard InChI is InChI=1S/C7H6N4O2S/c8-4-3-9-10-7(4)5-1-2-6(14-5)11(12)13/h1-3H,8H2,(H,9,10). The van der Waals surface area contributed by atoms with E-state index >= 15 is 0 Å². The van der Waals surface area contributed by atoms with Gasteiger partial charge in [-0.1, -0.05) is 11.3 Å². The maximum atomic E-state index is 10.4. The van der Waals surface area contributed by atoms with E-state index in [1.54, 1.807) is 6.07 Å². The van der Waals surface area contributed by atoms with Crippen LogP contribution in [0.1, 0.15) is 0 Å². The van der Waals surface area contributed by atoms with E-state index in [4.69, 9.17) is 5.73 Å². The molecule has 2 aromatic rings. The van der Waals surface area contributed by atoms with Crippen LogP contribution in [0.3, 0.4) is 0 Å². The van der Waals surface area contributed by atoms with Crippen LogP contribution in [-0.2, 0) is 0 Å². The largest absolute Gasteiger partial charge is 0.396 e. The number of nitrogen functional groups attached to an aromatic ring is 1. The molecule has 0 fully saturated rings. The molecule has 2 aromatic heterocycles. The Morgan fingerprint density at radius 1 is 1.57 bits per heavy atom. The third kappa shape index (κ3) is 1.33. The Morgan fingerprint density at radius 3 is 2.86 bits per heavy atom. The highest BCUT2D eigenvalue weighted by molar-refractivity contribution is 7.18. The molecule has 0 radical (unpaired) electrons. The molecule has 0 aromatic carbocycles. The van der Waals surface area contributed by atoms with Gasteiger partial charge in [0, 0.05) is 6.07 Å². The molecular formula is C7H6N4O2S. The number of rotatable bonds is 2. The fraction of sp³-hybridized carbons (Fsp3) is 0. The van der Waals surface area contributed by atoms with Gasteiger partial charge in [0.05, 0.1) is 27.4 Å². The van der Waals surface area contributed by atoms with Gasteiger partial charge in [-0.05, 0) is 6.07 Å². The molecular weight excluding hydrogens is 204 g/mol. The van der Waals surface area contributed by atoms with Crippen LogP contribution in [-0.4, -0.2) is 15.1 Å². The van der Waals surface area contributed by atoms with E-state index in [0.717, 1.165) is 11.3 Å². The first-order valence-corrected chi connectivity index (χ1v) is 4.53. The highest BCUT2D eigenvalue weighted by Gasteiger charge is 2.13. The molecule has 0 aliphatic carbocycles. The highest BCUT2D eigenvalue weighted by atomic mass is 32.1. The lowest BCUT2D eigenvalue weighted by Gasteiger charge is -1.91. The summed E-state index contributed by atoms with van der Waals surface area (Å²) in [6.07, 6.45) is 1.47. The molecule has 2 heterocycles. The van der Waals surface area contributed by atoms with Crippen molar-refractivity contribution in [3.8, 4) is 10.6 Å². The first-order valence-electron chi connectivity index (χ1n) is 3.72. The SMILES string of the molecule is Nc1cn[nH]c1-c1ccc([N+](=O)[O-])s1. The molecule has 0 saturated carbocycles. The lowest BCUT2D eigenvalue weighted by atomic mass is 10.3. The number of aromatic nitrogens is 2. The predicted octanol–water partition coefficient (Wildman–Crippen LogP) is 1.63. The zero-order chi connectivity index (χ0) is 10.1. The summed E-state index contributed by atoms with van der Waals surface area (Å²) in [5, 5.41) is 16.9. The molecule has 0 unspecified atom stereocenters. The van der Waals surface area contributed by atoms with Gasteiger partial charge in [-0.3, -0.25) is 15.2 Å². The van der Waals surface area contributed by atoms with Crippen LogP contribution in [0.25, 0.3) is 10.6 Å². The molecule has 3 N–H and O–H groups in total. The van der Waals surface area contributed by atoms with E-state index in [1.807, 2.05) is 0 Å². The number of thiophene rings is 1. The summed E-state index contributed by atoms with van der Waals surface area (Å²) in [4.78, 5) is 10.7. The van der Waals surface area contributed by atoms with Gasteiger partial charge >= 0.3 is 5.00 Å². The Bertz CT molecular complexity index is 475. The van der Waals surface area contributed by atoms with Crippen molar-refractivity contribution >= 4 is 22.0 Å². The number of aromatic amines is 1. The number of nitro groups is 1. The van der Waals surface area contributed by atoms with Crippen LogP contribution in [0.4, 0.5) is 10.7 Å². The fourth-order valence-corrected chi connectivity index (χ4v) is 1.89. The lowest BCUT2D eigenvalue weighted by molar-refractivity contribution is -0.380. The van der Waals surface area contributed by atoms with Crippen LogP contribution >= 0.6 is 11.3 Å². The maximum Gasteiger partial charge on any atom is 0.324 e. The summed E-state index contributed by atoms with van der Waals surface area (Å²) in [7, 11) is 0. The average Bonchev–Trinajstić information content (AvgIpc) is 2.71. The number of H-pyrrole nitrogens is 1. The van der Waals surface area contributed by atoms with Crippen LogP contribution in [0.15, 0.2) is 18.3 Å². The van der Waals surface area contributed by atoms with Gasteiger partial charge < -0.3 is 5.73 Å². The number of nitrogens with zero attached hydrogens (tertiary/aromatic N) is 2. The fourth-order valence-electron chi connectivity index (χ4n) is 1.05. The summed E-state index contributed by atoms with van der Waals surface area (Å²) in [6, 6.07) is 3.09. The molecule has 0 aliphatic rings. The molecule has 2 rings (SSSR count). The maximum absolute atomic E-state index is 10.4. The number of anilines is 1. The molecule has 0 amide bonds. The minimum Gasteiger partial charge on any atom is -0.396 e. The van der Waals surface area contributed by atoms with Crippen molar-refractivity contribution < 1.29 is 4.92 Å². The van der Waals surface area contributed by atoms with Crippen LogP contribution < -0.4 is 5.73 Å². The Kier molecular flexibility index (Phi) is 1.93. The van der Waals surface area contributed by atoms with Gasteiger partial charge in [-0.25, -0.2) is 0 Å². The second-order valence-corrected chi connectivity index (χ2v) is 3.66. The van der Waals surface area contributed by atoms with Gasteiger partial charge in [-0.15, -0.1) is 0 Å². The number of hydrogen-bond acceptors (Lipinski definition) is 5. The topological polar surface area (TPSA) is 97.8 Å². The van der Waals surface area contributed by atoms with Crippen molar-refractivity contribution in [2.45, 2.75) is 0 Å². The second-order valence-electron chi connectivity index (χ2n) is 2.60. The first-order chi connectivity index (χ1) is 6.68. The molecule has 0 spiro atoms. The number of nitrogens with one attached hydrogen (secondary N) is 1. The molecule has 0 saturated heterocycles. The molecule has 0 aliphatic heterocycles. The normalized spacial score (nSPS) is 10.3. The highest BCUT2D eigenvalue weighted by Crippen LogP contribution is 2.33. The second kappa shape index (κ2) is 3.11. The van der Waals surface area contributed by atoms with Gasteiger partial charge in [0.15, 0.2) is 0 Å². The minimum atomic E-state index is -0.430. The smallest absolute Gasteiger partial charge is 0.324 e.